The summed E-state index contributed by atoms with van der Waals surface area (Å²) in [7, 11) is 0. The van der Waals surface area contributed by atoms with E-state index in [0.29, 0.717) is 0 Å². The van der Waals surface area contributed by atoms with Crippen molar-refractivity contribution in [1.82, 2.24) is 0 Å². The lowest BCUT2D eigenvalue weighted by Crippen LogP contribution is -2.27. The molecule has 1 nitrogen and oxygen atoms in total. The van der Waals surface area contributed by atoms with Crippen LogP contribution in [-0.4, -0.2) is 5.60 Å². The van der Waals surface area contributed by atoms with Gasteiger partial charge in [0.1, 0.15) is 11.4 Å². The predicted molar refractivity (Wildman–Crippen MR) is 60.6 cm³/mol. The van der Waals surface area contributed by atoms with Gasteiger partial charge in [-0.25, -0.2) is 0 Å². The van der Waals surface area contributed by atoms with E-state index in [1.165, 1.54) is 0 Å². The monoisotopic (exact) mass is 190 g/mol. The molecule has 0 heterocycles. The molecular formula is C13H18O. The smallest absolute Gasteiger partial charge is 0.120 e. The fourth-order valence-corrected chi connectivity index (χ4v) is 1.31. The molecule has 0 aliphatic rings. The van der Waals surface area contributed by atoms with Gasteiger partial charge in [-0.2, -0.15) is 0 Å². The van der Waals surface area contributed by atoms with Crippen LogP contribution in [0, 0.1) is 0 Å². The van der Waals surface area contributed by atoms with Gasteiger partial charge in [0.25, 0.3) is 0 Å². The minimum absolute atomic E-state index is 0.116. The van der Waals surface area contributed by atoms with Gasteiger partial charge in [-0.15, -0.1) is 6.58 Å². The lowest BCUT2D eigenvalue weighted by molar-refractivity contribution is 0.101. The maximum absolute atomic E-state index is 5.86. The largest absolute Gasteiger partial charge is 0.488 e. The number of benzene rings is 1. The highest BCUT2D eigenvalue weighted by Crippen LogP contribution is 2.21. The van der Waals surface area contributed by atoms with Crippen LogP contribution in [0.2, 0.25) is 0 Å². The van der Waals surface area contributed by atoms with Gasteiger partial charge in [0.05, 0.1) is 0 Å². The summed E-state index contributed by atoms with van der Waals surface area (Å²) in [4.78, 5) is 0. The van der Waals surface area contributed by atoms with E-state index in [1.54, 1.807) is 0 Å². The van der Waals surface area contributed by atoms with E-state index in [9.17, 15) is 0 Å². The number of hydrogen-bond donors (Lipinski definition) is 0. The maximum Gasteiger partial charge on any atom is 0.120 e. The molecule has 0 radical (unpaired) electrons. The van der Waals surface area contributed by atoms with Crippen molar-refractivity contribution in [3.05, 3.63) is 43.0 Å². The second-order valence-corrected chi connectivity index (χ2v) is 4.00. The van der Waals surface area contributed by atoms with Crippen molar-refractivity contribution in [3.63, 3.8) is 0 Å². The van der Waals surface area contributed by atoms with E-state index < -0.39 is 0 Å². The Bertz CT molecular complexity index is 275. The van der Waals surface area contributed by atoms with Crippen molar-refractivity contribution >= 4 is 0 Å². The van der Waals surface area contributed by atoms with Crippen LogP contribution in [0.3, 0.4) is 0 Å². The van der Waals surface area contributed by atoms with E-state index in [-0.39, 0.29) is 5.60 Å². The summed E-state index contributed by atoms with van der Waals surface area (Å²) in [5, 5.41) is 0. The number of allylic oxidation sites excluding steroid dienone is 1. The highest BCUT2D eigenvalue weighted by Gasteiger charge is 2.18. The minimum Gasteiger partial charge on any atom is -0.488 e. The summed E-state index contributed by atoms with van der Waals surface area (Å²) in [5.41, 5.74) is -0.116. The summed E-state index contributed by atoms with van der Waals surface area (Å²) in [6.45, 7) is 7.92. The Kier molecular flexibility index (Phi) is 3.75. The van der Waals surface area contributed by atoms with E-state index in [2.05, 4.69) is 20.4 Å². The van der Waals surface area contributed by atoms with Crippen LogP contribution < -0.4 is 4.74 Å². The molecule has 0 atom stereocenters. The van der Waals surface area contributed by atoms with Gasteiger partial charge in [-0.1, -0.05) is 24.3 Å². The summed E-state index contributed by atoms with van der Waals surface area (Å²) in [6, 6.07) is 9.92. The molecule has 0 aliphatic heterocycles. The minimum atomic E-state index is -0.116. The van der Waals surface area contributed by atoms with Crippen molar-refractivity contribution < 1.29 is 4.74 Å². The van der Waals surface area contributed by atoms with Gasteiger partial charge in [-0.05, 0) is 38.8 Å². The van der Waals surface area contributed by atoms with Gasteiger partial charge in [0.2, 0.25) is 0 Å². The van der Waals surface area contributed by atoms with Crippen LogP contribution in [0.4, 0.5) is 0 Å². The molecule has 0 fully saturated rings. The molecule has 0 amide bonds. The third-order valence-corrected chi connectivity index (χ3v) is 2.09. The van der Waals surface area contributed by atoms with Gasteiger partial charge < -0.3 is 4.74 Å². The normalized spacial score (nSPS) is 11.0. The Balaban J connectivity index is 2.54. The molecule has 1 aromatic carbocycles. The van der Waals surface area contributed by atoms with Gasteiger partial charge in [0.15, 0.2) is 0 Å². The van der Waals surface area contributed by atoms with Crippen molar-refractivity contribution in [2.45, 2.75) is 32.3 Å². The standard InChI is InChI=1S/C13H18O/c1-4-5-11-13(2,3)14-12-9-7-6-8-10-12/h4,6-10H,1,5,11H2,2-3H3. The highest BCUT2D eigenvalue weighted by molar-refractivity contribution is 5.21. The molecule has 76 valence electrons. The van der Waals surface area contributed by atoms with E-state index >= 15 is 0 Å². The first-order valence-electron chi connectivity index (χ1n) is 4.99. The van der Waals surface area contributed by atoms with Crippen LogP contribution in [0.1, 0.15) is 26.7 Å². The van der Waals surface area contributed by atoms with Crippen molar-refractivity contribution in [3.8, 4) is 5.75 Å². The fraction of sp³-hybridized carbons (Fsp3) is 0.385. The molecule has 1 heteroatoms. The Labute approximate surface area is 86.4 Å². The number of rotatable bonds is 5. The molecule has 14 heavy (non-hydrogen) atoms. The molecule has 0 bridgehead atoms. The second-order valence-electron chi connectivity index (χ2n) is 4.00. The highest BCUT2D eigenvalue weighted by atomic mass is 16.5. The molecular weight excluding hydrogens is 172 g/mol. The summed E-state index contributed by atoms with van der Waals surface area (Å²) in [5.74, 6) is 0.932. The molecule has 0 saturated carbocycles. The first kappa shape index (κ1) is 10.8. The Morgan fingerprint density at radius 2 is 1.93 bits per heavy atom. The third-order valence-electron chi connectivity index (χ3n) is 2.09. The molecule has 0 aliphatic carbocycles. The van der Waals surface area contributed by atoms with Gasteiger partial charge in [0, 0.05) is 0 Å². The summed E-state index contributed by atoms with van der Waals surface area (Å²) < 4.78 is 5.86. The second kappa shape index (κ2) is 4.85. The number of para-hydroxylation sites is 1. The lowest BCUT2D eigenvalue weighted by atomic mass is 10.0. The van der Waals surface area contributed by atoms with Crippen molar-refractivity contribution in [2.24, 2.45) is 0 Å². The predicted octanol–water partition coefficient (Wildman–Crippen LogP) is 3.81. The van der Waals surface area contributed by atoms with E-state index in [4.69, 9.17) is 4.74 Å². The van der Waals surface area contributed by atoms with Crippen molar-refractivity contribution in [1.29, 1.82) is 0 Å². The SMILES string of the molecule is C=CCCC(C)(C)Oc1ccccc1. The zero-order chi connectivity index (χ0) is 10.4. The number of ether oxygens (including phenoxy) is 1. The van der Waals surface area contributed by atoms with E-state index in [1.807, 2.05) is 36.4 Å². The third kappa shape index (κ3) is 3.65. The first-order chi connectivity index (χ1) is 6.64. The molecule has 1 rings (SSSR count). The van der Waals surface area contributed by atoms with Crippen molar-refractivity contribution in [2.75, 3.05) is 0 Å². The van der Waals surface area contributed by atoms with Gasteiger partial charge >= 0.3 is 0 Å². The number of hydrogen-bond acceptors (Lipinski definition) is 1. The molecule has 1 aromatic rings. The van der Waals surface area contributed by atoms with Gasteiger partial charge in [-0.3, -0.25) is 0 Å². The zero-order valence-corrected chi connectivity index (χ0v) is 8.99. The summed E-state index contributed by atoms with van der Waals surface area (Å²) >= 11 is 0. The maximum atomic E-state index is 5.86. The molecule has 0 saturated heterocycles. The Morgan fingerprint density at radius 1 is 1.29 bits per heavy atom. The zero-order valence-electron chi connectivity index (χ0n) is 8.99. The fourth-order valence-electron chi connectivity index (χ4n) is 1.31. The molecule has 0 aromatic heterocycles. The van der Waals surface area contributed by atoms with Crippen LogP contribution in [-0.2, 0) is 0 Å². The summed E-state index contributed by atoms with van der Waals surface area (Å²) in [6.07, 6.45) is 3.90. The van der Waals surface area contributed by atoms with Crippen LogP contribution in [0.5, 0.6) is 5.75 Å². The molecule has 0 unspecified atom stereocenters. The molecule has 0 spiro atoms. The average molecular weight is 190 g/mol. The van der Waals surface area contributed by atoms with Crippen LogP contribution in [0.15, 0.2) is 43.0 Å². The van der Waals surface area contributed by atoms with Crippen LogP contribution >= 0.6 is 0 Å². The Morgan fingerprint density at radius 3 is 2.50 bits per heavy atom. The Hall–Kier alpha value is -1.24. The van der Waals surface area contributed by atoms with Crippen LogP contribution in [0.25, 0.3) is 0 Å². The van der Waals surface area contributed by atoms with E-state index in [0.717, 1.165) is 18.6 Å². The lowest BCUT2D eigenvalue weighted by Gasteiger charge is -2.26. The quantitative estimate of drug-likeness (QED) is 0.641. The first-order valence-corrected chi connectivity index (χ1v) is 4.99. The average Bonchev–Trinajstić information content (AvgIpc) is 2.16. The topological polar surface area (TPSA) is 9.23 Å². The molecule has 0 N–H and O–H groups in total.